The summed E-state index contributed by atoms with van der Waals surface area (Å²) in [5, 5.41) is 11.4. The minimum absolute atomic E-state index is 0.299. The zero-order valence-corrected chi connectivity index (χ0v) is 10.9. The predicted octanol–water partition coefficient (Wildman–Crippen LogP) is 2.87. The van der Waals surface area contributed by atoms with Gasteiger partial charge in [-0.1, -0.05) is 48.5 Å². The first kappa shape index (κ1) is 12.4. The van der Waals surface area contributed by atoms with Crippen molar-refractivity contribution in [2.75, 3.05) is 0 Å². The van der Waals surface area contributed by atoms with Gasteiger partial charge in [-0.15, -0.1) is 0 Å². The summed E-state index contributed by atoms with van der Waals surface area (Å²) in [5.41, 5.74) is 1.38. The Bertz CT molecular complexity index is 766. The summed E-state index contributed by atoms with van der Waals surface area (Å²) in [5.74, 6) is -0.910. The highest BCUT2D eigenvalue weighted by Gasteiger charge is 2.19. The maximum Gasteiger partial charge on any atom is 0.401 e. The first-order chi connectivity index (χ1) is 9.74. The van der Waals surface area contributed by atoms with E-state index in [9.17, 15) is 9.90 Å². The van der Waals surface area contributed by atoms with E-state index in [2.05, 4.69) is 0 Å². The van der Waals surface area contributed by atoms with Gasteiger partial charge in [0.25, 0.3) is 5.69 Å². The molecule has 3 rings (SSSR count). The molecule has 2 aromatic carbocycles. The smallest absolute Gasteiger partial charge is 0.401 e. The Morgan fingerprint density at radius 1 is 0.950 bits per heavy atom. The molecule has 0 saturated carbocycles. The molecule has 1 aromatic heterocycles. The Labute approximate surface area is 116 Å². The summed E-state index contributed by atoms with van der Waals surface area (Å²) in [6.07, 6.45) is 1.89. The summed E-state index contributed by atoms with van der Waals surface area (Å²) in [4.78, 5) is 11.4. The van der Waals surface area contributed by atoms with Crippen LogP contribution in [0.4, 0.5) is 0 Å². The Balaban J connectivity index is 2.12. The number of pyridine rings is 1. The second-order valence-corrected chi connectivity index (χ2v) is 4.71. The summed E-state index contributed by atoms with van der Waals surface area (Å²) in [7, 11) is 0. The molecule has 0 bridgehead atoms. The molecule has 0 aliphatic rings. The lowest BCUT2D eigenvalue weighted by Crippen LogP contribution is -2.40. The molecule has 3 heteroatoms. The standard InChI is InChI=1S/C17H13NO2/c19-17(20)16-10-14-8-4-5-9-15(14)12-18(16)11-13-6-2-1-3-7-13/h1-10,12H,11H2/p+1. The van der Waals surface area contributed by atoms with Crippen molar-refractivity contribution < 1.29 is 14.5 Å². The summed E-state index contributed by atoms with van der Waals surface area (Å²) >= 11 is 0. The van der Waals surface area contributed by atoms with Gasteiger partial charge in [0.15, 0.2) is 12.7 Å². The lowest BCUT2D eigenvalue weighted by Gasteiger charge is -2.03. The SMILES string of the molecule is O=C(O)c1cc2ccccc2c[n+]1Cc1ccccc1. The molecule has 0 amide bonds. The van der Waals surface area contributed by atoms with Gasteiger partial charge in [-0.05, 0) is 11.5 Å². The lowest BCUT2D eigenvalue weighted by molar-refractivity contribution is -0.689. The molecule has 98 valence electrons. The fraction of sp³-hybridized carbons (Fsp3) is 0.0588. The van der Waals surface area contributed by atoms with E-state index in [1.165, 1.54) is 0 Å². The average molecular weight is 264 g/mol. The molecular weight excluding hydrogens is 250 g/mol. The van der Waals surface area contributed by atoms with Crippen LogP contribution in [0.5, 0.6) is 0 Å². The van der Waals surface area contributed by atoms with Gasteiger partial charge in [0, 0.05) is 17.0 Å². The van der Waals surface area contributed by atoms with Crippen LogP contribution in [-0.4, -0.2) is 11.1 Å². The van der Waals surface area contributed by atoms with Crippen molar-refractivity contribution in [1.29, 1.82) is 0 Å². The van der Waals surface area contributed by atoms with Crippen LogP contribution in [0.2, 0.25) is 0 Å². The van der Waals surface area contributed by atoms with Crippen molar-refractivity contribution in [2.24, 2.45) is 0 Å². The Morgan fingerprint density at radius 2 is 1.60 bits per heavy atom. The normalized spacial score (nSPS) is 10.6. The van der Waals surface area contributed by atoms with Crippen LogP contribution in [0, 0.1) is 0 Å². The molecule has 0 atom stereocenters. The molecule has 3 aromatic rings. The number of hydrogen-bond donors (Lipinski definition) is 1. The van der Waals surface area contributed by atoms with Gasteiger partial charge in [-0.3, -0.25) is 0 Å². The van der Waals surface area contributed by atoms with Crippen LogP contribution < -0.4 is 4.57 Å². The second-order valence-electron chi connectivity index (χ2n) is 4.71. The molecule has 0 radical (unpaired) electrons. The third-order valence-electron chi connectivity index (χ3n) is 3.31. The molecule has 3 nitrogen and oxygen atoms in total. The minimum atomic E-state index is -0.910. The second kappa shape index (κ2) is 5.13. The van der Waals surface area contributed by atoms with E-state index in [4.69, 9.17) is 0 Å². The Kier molecular flexibility index (Phi) is 3.17. The van der Waals surface area contributed by atoms with Crippen molar-refractivity contribution >= 4 is 16.7 Å². The summed E-state index contributed by atoms with van der Waals surface area (Å²) in [6, 6.07) is 19.4. The molecule has 0 aliphatic heterocycles. The first-order valence-electron chi connectivity index (χ1n) is 6.43. The monoisotopic (exact) mass is 264 g/mol. The highest BCUT2D eigenvalue weighted by Crippen LogP contribution is 2.13. The Hall–Kier alpha value is -2.68. The highest BCUT2D eigenvalue weighted by molar-refractivity contribution is 5.90. The number of carboxylic acids is 1. The van der Waals surface area contributed by atoms with Crippen LogP contribution in [0.15, 0.2) is 66.9 Å². The van der Waals surface area contributed by atoms with Crippen LogP contribution >= 0.6 is 0 Å². The summed E-state index contributed by atoms with van der Waals surface area (Å²) < 4.78 is 1.78. The zero-order valence-electron chi connectivity index (χ0n) is 10.9. The lowest BCUT2D eigenvalue weighted by atomic mass is 10.1. The van der Waals surface area contributed by atoms with Crippen molar-refractivity contribution in [3.05, 3.63) is 78.1 Å². The predicted molar refractivity (Wildman–Crippen MR) is 76.6 cm³/mol. The van der Waals surface area contributed by atoms with Gasteiger partial charge >= 0.3 is 5.97 Å². The molecule has 1 N–H and O–H groups in total. The maximum atomic E-state index is 11.4. The fourth-order valence-corrected chi connectivity index (χ4v) is 2.32. The zero-order chi connectivity index (χ0) is 13.9. The largest absolute Gasteiger partial charge is 0.473 e. The summed E-state index contributed by atoms with van der Waals surface area (Å²) in [6.45, 7) is 0.549. The third kappa shape index (κ3) is 2.38. The quantitative estimate of drug-likeness (QED) is 0.739. The molecule has 0 aliphatic carbocycles. The van der Waals surface area contributed by atoms with E-state index < -0.39 is 5.97 Å². The van der Waals surface area contributed by atoms with Crippen molar-refractivity contribution in [2.45, 2.75) is 6.54 Å². The molecule has 1 heterocycles. The van der Waals surface area contributed by atoms with E-state index in [0.717, 1.165) is 16.3 Å². The first-order valence-corrected chi connectivity index (χ1v) is 6.43. The molecule has 0 fully saturated rings. The van der Waals surface area contributed by atoms with E-state index >= 15 is 0 Å². The molecular formula is C17H14NO2+. The van der Waals surface area contributed by atoms with Gasteiger partial charge in [0.2, 0.25) is 0 Å². The van der Waals surface area contributed by atoms with Gasteiger partial charge in [-0.2, -0.15) is 4.57 Å². The number of nitrogens with zero attached hydrogens (tertiary/aromatic N) is 1. The number of fused-ring (bicyclic) bond motifs is 1. The Morgan fingerprint density at radius 3 is 2.30 bits per heavy atom. The third-order valence-corrected chi connectivity index (χ3v) is 3.31. The van der Waals surface area contributed by atoms with Gasteiger partial charge in [0.1, 0.15) is 0 Å². The van der Waals surface area contributed by atoms with Crippen molar-refractivity contribution in [3.63, 3.8) is 0 Å². The number of rotatable bonds is 3. The van der Waals surface area contributed by atoms with Crippen molar-refractivity contribution in [3.8, 4) is 0 Å². The van der Waals surface area contributed by atoms with Crippen LogP contribution in [0.3, 0.4) is 0 Å². The van der Waals surface area contributed by atoms with Crippen LogP contribution in [-0.2, 0) is 6.54 Å². The van der Waals surface area contributed by atoms with Gasteiger partial charge in [0.05, 0.1) is 0 Å². The van der Waals surface area contributed by atoms with E-state index in [1.54, 1.807) is 10.6 Å². The van der Waals surface area contributed by atoms with Gasteiger partial charge < -0.3 is 5.11 Å². The molecule has 0 saturated heterocycles. The number of benzene rings is 2. The number of carbonyl (C=O) groups is 1. The number of hydrogen-bond acceptors (Lipinski definition) is 1. The van der Waals surface area contributed by atoms with E-state index in [0.29, 0.717) is 12.2 Å². The number of aromatic carboxylic acids is 1. The molecule has 20 heavy (non-hydrogen) atoms. The maximum absolute atomic E-state index is 11.4. The van der Waals surface area contributed by atoms with E-state index in [-0.39, 0.29) is 0 Å². The van der Waals surface area contributed by atoms with Crippen LogP contribution in [0.25, 0.3) is 10.8 Å². The molecule has 0 unspecified atom stereocenters. The van der Waals surface area contributed by atoms with Gasteiger partial charge in [-0.25, -0.2) is 4.79 Å². The molecule has 0 spiro atoms. The average Bonchev–Trinajstić information content (AvgIpc) is 2.47. The number of aromatic nitrogens is 1. The van der Waals surface area contributed by atoms with E-state index in [1.807, 2.05) is 60.8 Å². The fourth-order valence-electron chi connectivity index (χ4n) is 2.32. The topological polar surface area (TPSA) is 41.2 Å². The minimum Gasteiger partial charge on any atom is -0.473 e. The highest BCUT2D eigenvalue weighted by atomic mass is 16.4. The van der Waals surface area contributed by atoms with Crippen LogP contribution in [0.1, 0.15) is 16.1 Å². The number of carboxylic acid groups (broad SMARTS) is 1. The van der Waals surface area contributed by atoms with Crippen molar-refractivity contribution in [1.82, 2.24) is 0 Å².